The summed E-state index contributed by atoms with van der Waals surface area (Å²) in [5.74, 6) is -1.65. The van der Waals surface area contributed by atoms with Gasteiger partial charge in [-0.1, -0.05) is 59.1 Å². The molecule has 2 bridgehead atoms. The molecule has 3 fully saturated rings. The standard InChI is InChI=1S/C35H42BrN3O6/c1-4-19-37(24-13-9-8-10-14-24)32(41)28-29-33(42)39(21-11-6-7-12-22-40)31(35(29)23-27(36)30(28)45-35)34(43)38(20-5-2)25-15-17-26(44-3)18-16-25/h4-5,8-10,13-18,27-31,40H,1-2,6-7,11-12,19-23H2,3H3/t27?,28-,29-,30-,31?,35?/m0/s1. The molecule has 3 unspecified atom stereocenters. The monoisotopic (exact) mass is 679 g/mol. The van der Waals surface area contributed by atoms with Gasteiger partial charge in [0.15, 0.2) is 0 Å². The van der Waals surface area contributed by atoms with E-state index in [4.69, 9.17) is 9.47 Å². The number of anilines is 2. The van der Waals surface area contributed by atoms with Crippen molar-refractivity contribution in [2.45, 2.75) is 54.7 Å². The molecule has 0 aromatic heterocycles. The van der Waals surface area contributed by atoms with E-state index in [1.807, 2.05) is 42.5 Å². The van der Waals surface area contributed by atoms with Crippen LogP contribution in [0.3, 0.4) is 0 Å². The smallest absolute Gasteiger partial charge is 0.253 e. The molecule has 3 heterocycles. The van der Waals surface area contributed by atoms with Crippen LogP contribution in [0.4, 0.5) is 11.4 Å². The Hall–Kier alpha value is -3.47. The number of aliphatic hydroxyl groups excluding tert-OH is 1. The maximum absolute atomic E-state index is 14.8. The second kappa shape index (κ2) is 14.3. The van der Waals surface area contributed by atoms with Crippen molar-refractivity contribution in [2.75, 3.05) is 43.2 Å². The SMILES string of the molecule is C=CCN(C(=O)C1N(CCCCCCO)C(=O)[C@@H]2[C@H](C(=O)N(CC=C)c3ccccc3)[C@H]3OC12CC3Br)c1ccc(OC)cc1. The molecule has 0 radical (unpaired) electrons. The van der Waals surface area contributed by atoms with Crippen molar-refractivity contribution in [2.24, 2.45) is 11.8 Å². The number of hydrogen-bond donors (Lipinski definition) is 1. The number of para-hydroxylation sites is 1. The molecule has 240 valence electrons. The molecule has 3 saturated heterocycles. The van der Waals surface area contributed by atoms with E-state index in [1.165, 1.54) is 0 Å². The fourth-order valence-corrected chi connectivity index (χ4v) is 8.22. The number of rotatable bonds is 15. The van der Waals surface area contributed by atoms with Gasteiger partial charge in [-0.3, -0.25) is 14.4 Å². The average Bonchev–Trinajstić information content (AvgIpc) is 3.65. The summed E-state index contributed by atoms with van der Waals surface area (Å²) in [6, 6.07) is 15.6. The lowest BCUT2D eigenvalue weighted by atomic mass is 9.70. The summed E-state index contributed by atoms with van der Waals surface area (Å²) >= 11 is 3.78. The van der Waals surface area contributed by atoms with E-state index in [1.54, 1.807) is 46.1 Å². The summed E-state index contributed by atoms with van der Waals surface area (Å²) in [7, 11) is 1.58. The van der Waals surface area contributed by atoms with Crippen LogP contribution in [-0.4, -0.2) is 83.7 Å². The minimum atomic E-state index is -1.18. The Balaban J connectivity index is 1.54. The van der Waals surface area contributed by atoms with Gasteiger partial charge in [0.05, 0.1) is 25.0 Å². The number of likely N-dealkylation sites (tertiary alicyclic amines) is 1. The van der Waals surface area contributed by atoms with E-state index >= 15 is 0 Å². The van der Waals surface area contributed by atoms with Crippen LogP contribution in [0.1, 0.15) is 32.1 Å². The van der Waals surface area contributed by atoms with Gasteiger partial charge in [0.2, 0.25) is 11.8 Å². The Bertz CT molecular complexity index is 1390. The lowest BCUT2D eigenvalue weighted by Gasteiger charge is -2.37. The maximum atomic E-state index is 14.8. The molecule has 2 aromatic carbocycles. The molecule has 1 spiro atoms. The molecule has 3 amide bonds. The predicted molar refractivity (Wildman–Crippen MR) is 178 cm³/mol. The number of benzene rings is 2. The molecule has 10 heteroatoms. The second-order valence-corrected chi connectivity index (χ2v) is 13.0. The zero-order valence-corrected chi connectivity index (χ0v) is 27.3. The highest BCUT2D eigenvalue weighted by Crippen LogP contribution is 2.60. The third-order valence-corrected chi connectivity index (χ3v) is 10.1. The lowest BCUT2D eigenvalue weighted by molar-refractivity contribution is -0.140. The summed E-state index contributed by atoms with van der Waals surface area (Å²) < 4.78 is 12.1. The quantitative estimate of drug-likeness (QED) is 0.166. The molecular formula is C35H42BrN3O6. The van der Waals surface area contributed by atoms with E-state index in [0.29, 0.717) is 42.9 Å². The molecule has 3 aliphatic heterocycles. The average molecular weight is 681 g/mol. The first-order chi connectivity index (χ1) is 21.8. The van der Waals surface area contributed by atoms with Crippen LogP contribution in [0.2, 0.25) is 0 Å². The number of ether oxygens (including phenoxy) is 2. The van der Waals surface area contributed by atoms with Gasteiger partial charge in [0.25, 0.3) is 5.91 Å². The van der Waals surface area contributed by atoms with Crippen molar-refractivity contribution in [3.8, 4) is 5.75 Å². The first-order valence-electron chi connectivity index (χ1n) is 15.6. The van der Waals surface area contributed by atoms with Crippen LogP contribution in [0.25, 0.3) is 0 Å². The van der Waals surface area contributed by atoms with Gasteiger partial charge in [-0.05, 0) is 55.7 Å². The summed E-state index contributed by atoms with van der Waals surface area (Å²) in [6.45, 7) is 8.72. The van der Waals surface area contributed by atoms with Crippen LogP contribution >= 0.6 is 15.9 Å². The number of amides is 3. The highest BCUT2D eigenvalue weighted by Gasteiger charge is 2.77. The van der Waals surface area contributed by atoms with E-state index in [0.717, 1.165) is 12.8 Å². The number of carbonyl (C=O) groups excluding carboxylic acids is 3. The number of carbonyl (C=O) groups is 3. The molecule has 9 nitrogen and oxygen atoms in total. The van der Waals surface area contributed by atoms with Gasteiger partial charge in [-0.25, -0.2) is 0 Å². The number of methoxy groups -OCH3 is 1. The predicted octanol–water partition coefficient (Wildman–Crippen LogP) is 4.73. The molecule has 0 saturated carbocycles. The van der Waals surface area contributed by atoms with Crippen LogP contribution < -0.4 is 14.5 Å². The highest BCUT2D eigenvalue weighted by molar-refractivity contribution is 9.09. The minimum absolute atomic E-state index is 0.113. The Kier molecular flexibility index (Phi) is 10.5. The summed E-state index contributed by atoms with van der Waals surface area (Å²) in [5.41, 5.74) is 0.175. The number of unbranched alkanes of at least 4 members (excludes halogenated alkanes) is 3. The summed E-state index contributed by atoms with van der Waals surface area (Å²) in [4.78, 5) is 48.5. The molecule has 5 rings (SSSR count). The van der Waals surface area contributed by atoms with Crippen molar-refractivity contribution < 1.29 is 29.0 Å². The van der Waals surface area contributed by atoms with Crippen LogP contribution in [-0.2, 0) is 19.1 Å². The normalized spacial score (nSPS) is 26.4. The minimum Gasteiger partial charge on any atom is -0.497 e. The van der Waals surface area contributed by atoms with Gasteiger partial charge >= 0.3 is 0 Å². The fourth-order valence-electron chi connectivity index (χ4n) is 7.28. The first kappa shape index (κ1) is 32.9. The Morgan fingerprint density at radius 3 is 2.24 bits per heavy atom. The zero-order chi connectivity index (χ0) is 32.1. The molecule has 6 atom stereocenters. The van der Waals surface area contributed by atoms with Gasteiger partial charge in [0.1, 0.15) is 17.4 Å². The largest absolute Gasteiger partial charge is 0.497 e. The topological polar surface area (TPSA) is 99.6 Å². The Morgan fingerprint density at radius 1 is 1.00 bits per heavy atom. The van der Waals surface area contributed by atoms with E-state index in [9.17, 15) is 19.5 Å². The zero-order valence-electron chi connectivity index (χ0n) is 25.7. The van der Waals surface area contributed by atoms with Crippen molar-refractivity contribution in [1.82, 2.24) is 4.90 Å². The summed E-state index contributed by atoms with van der Waals surface area (Å²) in [5, 5.41) is 9.24. The third-order valence-electron chi connectivity index (χ3n) is 9.22. The highest BCUT2D eigenvalue weighted by atomic mass is 79.9. The lowest BCUT2D eigenvalue weighted by Crippen LogP contribution is -2.57. The van der Waals surface area contributed by atoms with Gasteiger partial charge in [-0.2, -0.15) is 0 Å². The molecular weight excluding hydrogens is 638 g/mol. The first-order valence-corrected chi connectivity index (χ1v) is 16.5. The molecule has 0 aliphatic carbocycles. The van der Waals surface area contributed by atoms with Gasteiger partial charge in [-0.15, -0.1) is 13.2 Å². The van der Waals surface area contributed by atoms with Crippen molar-refractivity contribution in [1.29, 1.82) is 0 Å². The van der Waals surface area contributed by atoms with E-state index in [2.05, 4.69) is 29.1 Å². The molecule has 2 aromatic rings. The van der Waals surface area contributed by atoms with Crippen LogP contribution in [0.15, 0.2) is 79.9 Å². The van der Waals surface area contributed by atoms with E-state index < -0.39 is 29.6 Å². The maximum Gasteiger partial charge on any atom is 0.253 e. The molecule has 45 heavy (non-hydrogen) atoms. The number of hydrogen-bond acceptors (Lipinski definition) is 6. The second-order valence-electron chi connectivity index (χ2n) is 11.8. The fraction of sp³-hybridized carbons (Fsp3) is 0.457. The van der Waals surface area contributed by atoms with E-state index in [-0.39, 0.29) is 42.2 Å². The van der Waals surface area contributed by atoms with Crippen LogP contribution in [0, 0.1) is 11.8 Å². The van der Waals surface area contributed by atoms with Gasteiger partial charge in [0, 0.05) is 42.4 Å². The third kappa shape index (κ3) is 6.07. The van der Waals surface area contributed by atoms with Crippen molar-refractivity contribution >= 4 is 45.0 Å². The number of halogens is 1. The number of aliphatic hydroxyl groups is 1. The Morgan fingerprint density at radius 2 is 1.62 bits per heavy atom. The molecule has 1 N–H and O–H groups in total. The number of fused-ring (bicyclic) bond motifs is 1. The molecule has 3 aliphatic rings. The van der Waals surface area contributed by atoms with Gasteiger partial charge < -0.3 is 29.3 Å². The summed E-state index contributed by atoms with van der Waals surface area (Å²) in [6.07, 6.45) is 6.14. The van der Waals surface area contributed by atoms with Crippen molar-refractivity contribution in [3.63, 3.8) is 0 Å². The number of nitrogens with zero attached hydrogens (tertiary/aromatic N) is 3. The number of alkyl halides is 1. The van der Waals surface area contributed by atoms with Crippen molar-refractivity contribution in [3.05, 3.63) is 79.9 Å². The Labute approximate surface area is 273 Å². The van der Waals surface area contributed by atoms with Crippen LogP contribution in [0.5, 0.6) is 5.75 Å².